The van der Waals surface area contributed by atoms with Crippen molar-refractivity contribution in [1.29, 1.82) is 0 Å². The predicted octanol–water partition coefficient (Wildman–Crippen LogP) is 1.04. The molecule has 1 saturated heterocycles. The Balaban J connectivity index is 1.63. The van der Waals surface area contributed by atoms with Crippen LogP contribution in [0.3, 0.4) is 0 Å². The van der Waals surface area contributed by atoms with Gasteiger partial charge in [0.15, 0.2) is 0 Å². The minimum absolute atomic E-state index is 0.00997. The van der Waals surface area contributed by atoms with E-state index in [0.717, 1.165) is 0 Å². The Morgan fingerprint density at radius 3 is 1.71 bits per heavy atom. The Morgan fingerprint density at radius 1 is 0.677 bits per heavy atom. The molecule has 7 atom stereocenters. The number of amides is 7. The number of thiol groups is 1. The largest absolute Gasteiger partial charge is 0.508 e. The summed E-state index contributed by atoms with van der Waals surface area (Å²) < 4.78 is 0. The van der Waals surface area contributed by atoms with Gasteiger partial charge < -0.3 is 52.5 Å². The molecule has 1 fully saturated rings. The fourth-order valence-electron chi connectivity index (χ4n) is 6.78. The third-order valence-corrected chi connectivity index (χ3v) is 10.9. The summed E-state index contributed by atoms with van der Waals surface area (Å²) in [5.41, 5.74) is 1.79. The topological polar surface area (TPSA) is 264 Å². The van der Waals surface area contributed by atoms with Crippen molar-refractivity contribution in [2.45, 2.75) is 102 Å². The third kappa shape index (κ3) is 15.0. The molecule has 0 bridgehead atoms. The molecule has 0 spiro atoms. The molecule has 3 aromatic carbocycles. The summed E-state index contributed by atoms with van der Waals surface area (Å²) in [4.78, 5) is 95.0. The monoisotopic (exact) mass is 875 g/mol. The van der Waals surface area contributed by atoms with Crippen LogP contribution in [0.2, 0.25) is 0 Å². The van der Waals surface area contributed by atoms with Gasteiger partial charge in [0.1, 0.15) is 53.5 Å². The smallest absolute Gasteiger partial charge is 0.244 e. The summed E-state index contributed by atoms with van der Waals surface area (Å²) >= 11 is 4.17. The van der Waals surface area contributed by atoms with Gasteiger partial charge in [-0.25, -0.2) is 0 Å². The lowest BCUT2D eigenvalue weighted by molar-refractivity contribution is -0.135. The first-order valence-electron chi connectivity index (χ1n) is 20.6. The van der Waals surface area contributed by atoms with Crippen LogP contribution in [0.25, 0.3) is 0 Å². The maximum atomic E-state index is 14.3. The van der Waals surface area contributed by atoms with E-state index in [1.807, 2.05) is 6.92 Å². The molecule has 62 heavy (non-hydrogen) atoms. The second kappa shape index (κ2) is 23.6. The lowest BCUT2D eigenvalue weighted by Crippen LogP contribution is -2.61. The number of nitrogens with one attached hydrogen (secondary N) is 7. The highest BCUT2D eigenvalue weighted by atomic mass is 32.1. The summed E-state index contributed by atoms with van der Waals surface area (Å²) in [6, 6.07) is 11.2. The molecule has 0 radical (unpaired) electrons. The van der Waals surface area contributed by atoms with Gasteiger partial charge in [-0.15, -0.1) is 0 Å². The highest BCUT2D eigenvalue weighted by Crippen LogP contribution is 2.17. The normalized spacial score (nSPS) is 19.2. The second-order valence-corrected chi connectivity index (χ2v) is 15.8. The lowest BCUT2D eigenvalue weighted by atomic mass is 9.96. The molecule has 7 amide bonds. The predicted molar refractivity (Wildman–Crippen MR) is 233 cm³/mol. The van der Waals surface area contributed by atoms with Gasteiger partial charge in [0.25, 0.3) is 0 Å². The molecule has 4 rings (SSSR count). The van der Waals surface area contributed by atoms with Crippen LogP contribution in [0.4, 0.5) is 0 Å². The molecule has 10 N–H and O–H groups in total. The zero-order chi connectivity index (χ0) is 45.3. The van der Waals surface area contributed by atoms with Crippen molar-refractivity contribution in [2.75, 3.05) is 12.3 Å². The fourth-order valence-corrected chi connectivity index (χ4v) is 7.04. The second-order valence-electron chi connectivity index (χ2n) is 15.5. The van der Waals surface area contributed by atoms with Crippen molar-refractivity contribution in [3.63, 3.8) is 0 Å². The first-order valence-corrected chi connectivity index (χ1v) is 21.2. The van der Waals surface area contributed by atoms with Crippen molar-refractivity contribution in [3.8, 4) is 17.2 Å². The minimum atomic E-state index is -1.31. The molecule has 1 aliphatic rings. The van der Waals surface area contributed by atoms with Gasteiger partial charge >= 0.3 is 0 Å². The van der Waals surface area contributed by atoms with E-state index in [1.54, 1.807) is 43.3 Å². The summed E-state index contributed by atoms with van der Waals surface area (Å²) in [5.74, 6) is -4.88. The van der Waals surface area contributed by atoms with Crippen LogP contribution in [0.15, 0.2) is 72.8 Å². The average Bonchev–Trinajstić information content (AvgIpc) is 3.25. The van der Waals surface area contributed by atoms with E-state index >= 15 is 0 Å². The molecule has 17 nitrogen and oxygen atoms in total. The molecule has 1 heterocycles. The molecular formula is C44H57N7O10S. The Kier molecular flexibility index (Phi) is 18.4. The van der Waals surface area contributed by atoms with Crippen LogP contribution in [0.5, 0.6) is 17.2 Å². The molecule has 18 heteroatoms. The Hall–Kier alpha value is -6.30. The van der Waals surface area contributed by atoms with Crippen LogP contribution in [0.1, 0.15) is 63.1 Å². The number of phenolic OH excluding ortho intramolecular Hbond substituents is 3. The van der Waals surface area contributed by atoms with Gasteiger partial charge in [0, 0.05) is 38.5 Å². The van der Waals surface area contributed by atoms with Crippen LogP contribution < -0.4 is 37.2 Å². The molecule has 0 saturated carbocycles. The van der Waals surface area contributed by atoms with Crippen molar-refractivity contribution in [2.24, 2.45) is 5.92 Å². The Morgan fingerprint density at radius 2 is 1.19 bits per heavy atom. The molecular weight excluding hydrogens is 819 g/mol. The van der Waals surface area contributed by atoms with Crippen molar-refractivity contribution < 1.29 is 48.9 Å². The average molecular weight is 876 g/mol. The van der Waals surface area contributed by atoms with Gasteiger partial charge in [-0.1, -0.05) is 56.7 Å². The number of rotatable bonds is 16. The van der Waals surface area contributed by atoms with E-state index in [0.29, 0.717) is 36.0 Å². The number of carbonyl (C=O) groups is 7. The van der Waals surface area contributed by atoms with E-state index in [9.17, 15) is 48.9 Å². The number of benzene rings is 3. The summed E-state index contributed by atoms with van der Waals surface area (Å²) in [7, 11) is 0. The van der Waals surface area contributed by atoms with Crippen molar-refractivity contribution in [3.05, 3.63) is 89.5 Å². The maximum Gasteiger partial charge on any atom is 0.244 e. The van der Waals surface area contributed by atoms with Crippen LogP contribution in [0, 0.1) is 5.92 Å². The van der Waals surface area contributed by atoms with Gasteiger partial charge in [0.05, 0.1) is 0 Å². The van der Waals surface area contributed by atoms with Crippen molar-refractivity contribution >= 4 is 54.0 Å². The van der Waals surface area contributed by atoms with E-state index in [4.69, 9.17) is 0 Å². The molecule has 334 valence electrons. The highest BCUT2D eigenvalue weighted by Gasteiger charge is 2.35. The van der Waals surface area contributed by atoms with Crippen LogP contribution >= 0.6 is 12.6 Å². The molecule has 3 aromatic rings. The number of carbonyl (C=O) groups excluding carboxylic acids is 7. The van der Waals surface area contributed by atoms with E-state index in [2.05, 4.69) is 49.8 Å². The first-order chi connectivity index (χ1) is 29.6. The lowest BCUT2D eigenvalue weighted by Gasteiger charge is -2.29. The Labute approximate surface area is 366 Å². The quantitative estimate of drug-likeness (QED) is 0.0912. The number of hydrogen-bond acceptors (Lipinski definition) is 11. The van der Waals surface area contributed by atoms with Gasteiger partial charge in [-0.3, -0.25) is 33.6 Å². The van der Waals surface area contributed by atoms with E-state index in [1.165, 1.54) is 43.3 Å². The number of aromatic hydroxyl groups is 3. The van der Waals surface area contributed by atoms with E-state index < -0.39 is 83.5 Å². The highest BCUT2D eigenvalue weighted by molar-refractivity contribution is 7.80. The standard InChI is InChI=1S/C44H57N7O10S/c1-4-25(2)38(51-43(60)37(24-62)46-26(3)52)44(61)50-36(23-29-12-18-32(55)19-13-29)41(58)47-33-7-5-6-20-45-39(56)34(21-27-8-14-30(53)15-9-27)48-42(59)35(49-40(33)57)22-28-10-16-31(54)17-11-28/h8-19,25,33-38,53-55,62H,4-7,20-24H2,1-3H3,(H,45,56)(H,46,52)(H,47,58)(H,48,59)(H,49,57)(H,50,61)(H,51,60)/t25-,33-,34-,35-,36-,37-,38-/m0/s1. The molecule has 0 unspecified atom stereocenters. The van der Waals surface area contributed by atoms with E-state index in [-0.39, 0.29) is 55.2 Å². The molecule has 0 aliphatic carbocycles. The zero-order valence-corrected chi connectivity index (χ0v) is 35.9. The fraction of sp³-hybridized carbons (Fsp3) is 0.432. The van der Waals surface area contributed by atoms with Gasteiger partial charge in [0.2, 0.25) is 41.4 Å². The summed E-state index contributed by atoms with van der Waals surface area (Å²) in [6.45, 7) is 5.01. The van der Waals surface area contributed by atoms with Gasteiger partial charge in [-0.2, -0.15) is 12.6 Å². The minimum Gasteiger partial charge on any atom is -0.508 e. The summed E-state index contributed by atoms with van der Waals surface area (Å²) in [5, 5.41) is 48.7. The van der Waals surface area contributed by atoms with Crippen LogP contribution in [-0.2, 0) is 52.8 Å². The number of hydrogen-bond donors (Lipinski definition) is 11. The van der Waals surface area contributed by atoms with Gasteiger partial charge in [-0.05, 0) is 78.3 Å². The maximum absolute atomic E-state index is 14.3. The first kappa shape index (κ1) is 48.4. The van der Waals surface area contributed by atoms with Crippen molar-refractivity contribution in [1.82, 2.24) is 37.2 Å². The summed E-state index contributed by atoms with van der Waals surface area (Å²) in [6.07, 6.45) is 1.23. The Bertz CT molecular complexity index is 2020. The van der Waals surface area contributed by atoms with Crippen LogP contribution in [-0.4, -0.2) is 105 Å². The molecule has 1 aliphatic heterocycles. The SMILES string of the molecule is CC[C@H](C)[C@H](NC(=O)[C@H](CS)NC(C)=O)C(=O)N[C@@H](Cc1ccc(O)cc1)C(=O)N[C@H]1CCCCNC(=O)[C@H](Cc2ccc(O)cc2)NC(=O)[C@H](Cc2ccc(O)cc2)NC1=O. The zero-order valence-electron chi connectivity index (χ0n) is 35.0. The number of phenols is 3. The third-order valence-electron chi connectivity index (χ3n) is 10.5. The molecule has 0 aromatic heterocycles.